The van der Waals surface area contributed by atoms with Crippen LogP contribution in [0, 0.1) is 16.7 Å². The van der Waals surface area contributed by atoms with Gasteiger partial charge in [0, 0.05) is 0 Å². The van der Waals surface area contributed by atoms with Gasteiger partial charge >= 0.3 is 0 Å². The largest absolute Gasteiger partial charge is 0.198 e. The lowest BCUT2D eigenvalue weighted by Gasteiger charge is -2.27. The van der Waals surface area contributed by atoms with Crippen LogP contribution in [0.2, 0.25) is 0 Å². The van der Waals surface area contributed by atoms with Crippen molar-refractivity contribution in [1.29, 1.82) is 5.26 Å². The lowest BCUT2D eigenvalue weighted by atomic mass is 9.73. The Hall–Kier alpha value is -2.85. The summed E-state index contributed by atoms with van der Waals surface area (Å²) < 4.78 is 0. The molecular formula is C23H21N. The minimum Gasteiger partial charge on any atom is -0.198 e. The van der Waals surface area contributed by atoms with Crippen LogP contribution in [0.15, 0.2) is 91.0 Å². The van der Waals surface area contributed by atoms with Gasteiger partial charge in [-0.15, -0.1) is 0 Å². The highest BCUT2D eigenvalue weighted by atomic mass is 14.4. The molecule has 0 aliphatic rings. The van der Waals surface area contributed by atoms with Crippen molar-refractivity contribution in [2.75, 3.05) is 0 Å². The maximum Gasteiger partial charge on any atom is 0.0700 e. The van der Waals surface area contributed by atoms with Crippen molar-refractivity contribution in [3.8, 4) is 6.07 Å². The quantitative estimate of drug-likeness (QED) is 0.612. The van der Waals surface area contributed by atoms with Crippen LogP contribution in [0.1, 0.15) is 16.7 Å². The number of nitriles is 1. The van der Waals surface area contributed by atoms with E-state index in [4.69, 9.17) is 0 Å². The fraction of sp³-hybridized carbons (Fsp3) is 0.174. The van der Waals surface area contributed by atoms with Crippen LogP contribution in [0.25, 0.3) is 0 Å². The molecule has 0 atom stereocenters. The van der Waals surface area contributed by atoms with E-state index in [0.717, 1.165) is 19.3 Å². The standard InChI is InChI=1S/C23H21N/c24-19-23(16-20-10-4-1-5-11-20,17-21-12-6-2-7-13-21)18-22-14-8-3-9-15-22/h1-15H,16-18H2. The molecule has 0 aliphatic heterocycles. The molecule has 0 spiro atoms. The summed E-state index contributed by atoms with van der Waals surface area (Å²) in [6.45, 7) is 0. The molecule has 0 saturated carbocycles. The molecule has 0 N–H and O–H groups in total. The molecule has 3 aromatic rings. The highest BCUT2D eigenvalue weighted by Crippen LogP contribution is 2.31. The van der Waals surface area contributed by atoms with Crippen molar-refractivity contribution in [1.82, 2.24) is 0 Å². The SMILES string of the molecule is N#CC(Cc1ccccc1)(Cc1ccccc1)Cc1ccccc1. The average molecular weight is 311 g/mol. The first-order chi connectivity index (χ1) is 11.8. The van der Waals surface area contributed by atoms with Crippen LogP contribution in [0.3, 0.4) is 0 Å². The Morgan fingerprint density at radius 3 is 1.08 bits per heavy atom. The molecule has 0 heterocycles. The van der Waals surface area contributed by atoms with Gasteiger partial charge in [0.1, 0.15) is 0 Å². The number of hydrogen-bond acceptors (Lipinski definition) is 1. The topological polar surface area (TPSA) is 23.8 Å². The van der Waals surface area contributed by atoms with E-state index in [1.165, 1.54) is 16.7 Å². The fourth-order valence-corrected chi connectivity index (χ4v) is 3.27. The maximum atomic E-state index is 10.1. The molecule has 0 radical (unpaired) electrons. The molecule has 0 saturated heterocycles. The van der Waals surface area contributed by atoms with Crippen LogP contribution >= 0.6 is 0 Å². The van der Waals surface area contributed by atoms with Gasteiger partial charge in [0.2, 0.25) is 0 Å². The van der Waals surface area contributed by atoms with Crippen LogP contribution < -0.4 is 0 Å². The lowest BCUT2D eigenvalue weighted by molar-refractivity contribution is 0.386. The predicted molar refractivity (Wildman–Crippen MR) is 98.5 cm³/mol. The second kappa shape index (κ2) is 7.62. The van der Waals surface area contributed by atoms with Gasteiger partial charge in [0.15, 0.2) is 0 Å². The summed E-state index contributed by atoms with van der Waals surface area (Å²) in [7, 11) is 0. The van der Waals surface area contributed by atoms with E-state index in [9.17, 15) is 5.26 Å². The summed E-state index contributed by atoms with van der Waals surface area (Å²) in [4.78, 5) is 0. The third kappa shape index (κ3) is 4.12. The Kier molecular flexibility index (Phi) is 5.08. The van der Waals surface area contributed by atoms with E-state index in [1.807, 2.05) is 54.6 Å². The molecule has 1 nitrogen and oxygen atoms in total. The first kappa shape index (κ1) is 16.0. The van der Waals surface area contributed by atoms with Crippen LogP contribution in [0.5, 0.6) is 0 Å². The van der Waals surface area contributed by atoms with Crippen molar-refractivity contribution in [3.05, 3.63) is 108 Å². The maximum absolute atomic E-state index is 10.1. The van der Waals surface area contributed by atoms with Gasteiger partial charge in [0.05, 0.1) is 11.5 Å². The molecule has 24 heavy (non-hydrogen) atoms. The Morgan fingerprint density at radius 1 is 0.542 bits per heavy atom. The van der Waals surface area contributed by atoms with Crippen molar-refractivity contribution < 1.29 is 0 Å². The molecule has 3 rings (SSSR count). The third-order valence-corrected chi connectivity index (χ3v) is 4.39. The van der Waals surface area contributed by atoms with Gasteiger partial charge in [-0.3, -0.25) is 0 Å². The Morgan fingerprint density at radius 2 is 0.833 bits per heavy atom. The fourth-order valence-electron chi connectivity index (χ4n) is 3.27. The summed E-state index contributed by atoms with van der Waals surface area (Å²) >= 11 is 0. The molecule has 0 aromatic heterocycles. The van der Waals surface area contributed by atoms with Crippen molar-refractivity contribution >= 4 is 0 Å². The molecule has 0 amide bonds. The second-order valence-corrected chi connectivity index (χ2v) is 6.38. The zero-order chi connectivity index (χ0) is 16.7. The third-order valence-electron chi connectivity index (χ3n) is 4.39. The minimum absolute atomic E-state index is 0.440. The summed E-state index contributed by atoms with van der Waals surface area (Å²) in [5.41, 5.74) is 3.20. The highest BCUT2D eigenvalue weighted by Gasteiger charge is 2.31. The van der Waals surface area contributed by atoms with Crippen molar-refractivity contribution in [3.63, 3.8) is 0 Å². The molecular weight excluding hydrogens is 290 g/mol. The van der Waals surface area contributed by atoms with Crippen molar-refractivity contribution in [2.45, 2.75) is 19.3 Å². The number of rotatable bonds is 6. The predicted octanol–water partition coefficient (Wildman–Crippen LogP) is 5.22. The van der Waals surface area contributed by atoms with E-state index >= 15 is 0 Å². The van der Waals surface area contributed by atoms with Crippen LogP contribution in [-0.2, 0) is 19.3 Å². The first-order valence-electron chi connectivity index (χ1n) is 8.33. The summed E-state index contributed by atoms with van der Waals surface area (Å²) in [5.74, 6) is 0. The molecule has 0 aliphatic carbocycles. The Bertz CT molecular complexity index is 684. The smallest absolute Gasteiger partial charge is 0.0700 e. The average Bonchev–Trinajstić information content (AvgIpc) is 2.64. The summed E-state index contributed by atoms with van der Waals surface area (Å²) in [5, 5.41) is 10.1. The Labute approximate surface area is 144 Å². The van der Waals surface area contributed by atoms with Crippen molar-refractivity contribution in [2.24, 2.45) is 5.41 Å². The van der Waals surface area contributed by atoms with E-state index in [1.54, 1.807) is 0 Å². The normalized spacial score (nSPS) is 11.0. The summed E-state index contributed by atoms with van der Waals surface area (Å²) in [6.07, 6.45) is 2.27. The van der Waals surface area contributed by atoms with Crippen LogP contribution in [0.4, 0.5) is 0 Å². The first-order valence-corrected chi connectivity index (χ1v) is 8.33. The van der Waals surface area contributed by atoms with Gasteiger partial charge in [-0.2, -0.15) is 5.26 Å². The van der Waals surface area contributed by atoms with E-state index in [2.05, 4.69) is 42.5 Å². The van der Waals surface area contributed by atoms with E-state index < -0.39 is 5.41 Å². The molecule has 118 valence electrons. The van der Waals surface area contributed by atoms with Gasteiger partial charge in [-0.25, -0.2) is 0 Å². The number of hydrogen-bond donors (Lipinski definition) is 0. The lowest BCUT2D eigenvalue weighted by Crippen LogP contribution is -2.27. The number of benzene rings is 3. The highest BCUT2D eigenvalue weighted by molar-refractivity contribution is 5.28. The summed E-state index contributed by atoms with van der Waals surface area (Å²) in [6, 6.07) is 33.7. The zero-order valence-corrected chi connectivity index (χ0v) is 13.7. The molecule has 0 bridgehead atoms. The molecule has 0 unspecified atom stereocenters. The Balaban J connectivity index is 1.93. The van der Waals surface area contributed by atoms with E-state index in [0.29, 0.717) is 0 Å². The molecule has 1 heteroatoms. The molecule has 0 fully saturated rings. The zero-order valence-electron chi connectivity index (χ0n) is 13.7. The van der Waals surface area contributed by atoms with Gasteiger partial charge in [0.25, 0.3) is 0 Å². The van der Waals surface area contributed by atoms with Crippen LogP contribution in [-0.4, -0.2) is 0 Å². The second-order valence-electron chi connectivity index (χ2n) is 6.38. The number of nitrogens with zero attached hydrogens (tertiary/aromatic N) is 1. The molecule has 3 aromatic carbocycles. The van der Waals surface area contributed by atoms with E-state index in [-0.39, 0.29) is 0 Å². The van der Waals surface area contributed by atoms with Gasteiger partial charge < -0.3 is 0 Å². The monoisotopic (exact) mass is 311 g/mol. The van der Waals surface area contributed by atoms with Gasteiger partial charge in [-0.05, 0) is 36.0 Å². The minimum atomic E-state index is -0.440. The van der Waals surface area contributed by atoms with Gasteiger partial charge in [-0.1, -0.05) is 91.0 Å².